The second-order valence-electron chi connectivity index (χ2n) is 7.38. The van der Waals surface area contributed by atoms with E-state index in [-0.39, 0.29) is 5.91 Å². The molecular weight excluding hydrogens is 332 g/mol. The molecule has 5 nitrogen and oxygen atoms in total. The minimum Gasteiger partial charge on any atom is -0.336 e. The van der Waals surface area contributed by atoms with Gasteiger partial charge in [-0.25, -0.2) is 0 Å². The summed E-state index contributed by atoms with van der Waals surface area (Å²) >= 11 is 1.81. The van der Waals surface area contributed by atoms with E-state index in [0.717, 1.165) is 52.0 Å². The van der Waals surface area contributed by atoms with Gasteiger partial charge in [-0.3, -0.25) is 14.8 Å². The van der Waals surface area contributed by atoms with E-state index in [4.69, 9.17) is 0 Å². The molecule has 1 atom stereocenters. The van der Waals surface area contributed by atoms with Gasteiger partial charge < -0.3 is 4.90 Å². The number of carbonyl (C=O) groups excluding carboxylic acids is 1. The summed E-state index contributed by atoms with van der Waals surface area (Å²) in [4.78, 5) is 18.9. The van der Waals surface area contributed by atoms with E-state index in [9.17, 15) is 4.79 Å². The number of carbonyl (C=O) groups is 1. The number of H-pyrrole nitrogens is 1. The van der Waals surface area contributed by atoms with E-state index in [2.05, 4.69) is 39.5 Å². The highest BCUT2D eigenvalue weighted by molar-refractivity contribution is 7.09. The van der Waals surface area contributed by atoms with Crippen LogP contribution in [-0.4, -0.2) is 52.1 Å². The number of nitrogens with zero attached hydrogens (tertiary/aromatic N) is 3. The molecule has 6 heteroatoms. The standard InChI is InChI=1S/C19H26N4OS/c1-14-5-6-17-16(12-14)18(21-20-17)19(24)23-8-3-7-22(9-10-23)13-15-4-2-11-25-15/h2,4,11,14H,3,5-10,12-13H2,1H3,(H,20,21)/t14-/m1/s1. The van der Waals surface area contributed by atoms with Crippen LogP contribution in [0.2, 0.25) is 0 Å². The van der Waals surface area contributed by atoms with Crippen LogP contribution in [0.15, 0.2) is 17.5 Å². The number of amides is 1. The summed E-state index contributed by atoms with van der Waals surface area (Å²) in [6.45, 7) is 6.87. The zero-order valence-corrected chi connectivity index (χ0v) is 15.6. The molecule has 25 heavy (non-hydrogen) atoms. The lowest BCUT2D eigenvalue weighted by molar-refractivity contribution is 0.0754. The molecule has 3 heterocycles. The van der Waals surface area contributed by atoms with Gasteiger partial charge in [0.1, 0.15) is 0 Å². The molecule has 2 aromatic heterocycles. The Morgan fingerprint density at radius 3 is 3.12 bits per heavy atom. The molecule has 0 saturated carbocycles. The van der Waals surface area contributed by atoms with Gasteiger partial charge in [0.05, 0.1) is 0 Å². The van der Waals surface area contributed by atoms with Gasteiger partial charge in [0.2, 0.25) is 0 Å². The maximum absolute atomic E-state index is 13.0. The van der Waals surface area contributed by atoms with Crippen LogP contribution in [0, 0.1) is 5.92 Å². The Labute approximate surface area is 153 Å². The second kappa shape index (κ2) is 7.30. The third kappa shape index (κ3) is 3.65. The van der Waals surface area contributed by atoms with Gasteiger partial charge in [0.15, 0.2) is 5.69 Å². The largest absolute Gasteiger partial charge is 0.336 e. The molecule has 0 spiro atoms. The van der Waals surface area contributed by atoms with Gasteiger partial charge in [-0.15, -0.1) is 11.3 Å². The smallest absolute Gasteiger partial charge is 0.274 e. The average molecular weight is 359 g/mol. The molecule has 0 aromatic carbocycles. The molecule has 1 aliphatic carbocycles. The predicted octanol–water partition coefficient (Wildman–Crippen LogP) is 2.94. The number of nitrogens with one attached hydrogen (secondary N) is 1. The SMILES string of the molecule is C[C@@H]1CCc2[nH]nc(C(=O)N3CCCN(Cc4cccs4)CC3)c2C1. The lowest BCUT2D eigenvalue weighted by atomic mass is 9.87. The number of hydrogen-bond donors (Lipinski definition) is 1. The fourth-order valence-corrected chi connectivity index (χ4v) is 4.70. The van der Waals surface area contributed by atoms with E-state index >= 15 is 0 Å². The molecule has 0 radical (unpaired) electrons. The highest BCUT2D eigenvalue weighted by Crippen LogP contribution is 2.27. The third-order valence-electron chi connectivity index (χ3n) is 5.43. The number of aromatic amines is 1. The minimum absolute atomic E-state index is 0.115. The summed E-state index contributed by atoms with van der Waals surface area (Å²) in [6.07, 6.45) is 4.21. The molecule has 1 amide bonds. The highest BCUT2D eigenvalue weighted by Gasteiger charge is 2.28. The van der Waals surface area contributed by atoms with E-state index in [1.54, 1.807) is 0 Å². The number of aryl methyl sites for hydroxylation is 1. The lowest BCUT2D eigenvalue weighted by Gasteiger charge is -2.23. The van der Waals surface area contributed by atoms with Crippen LogP contribution in [0.1, 0.15) is 46.4 Å². The number of hydrogen-bond acceptors (Lipinski definition) is 4. The zero-order chi connectivity index (χ0) is 17.2. The summed E-state index contributed by atoms with van der Waals surface area (Å²) < 4.78 is 0. The Hall–Kier alpha value is -1.66. The molecular formula is C19H26N4OS. The average Bonchev–Trinajstić information content (AvgIpc) is 3.20. The molecule has 0 bridgehead atoms. The van der Waals surface area contributed by atoms with Crippen molar-refractivity contribution < 1.29 is 4.79 Å². The highest BCUT2D eigenvalue weighted by atomic mass is 32.1. The van der Waals surface area contributed by atoms with Gasteiger partial charge in [0, 0.05) is 48.9 Å². The predicted molar refractivity (Wildman–Crippen MR) is 99.9 cm³/mol. The lowest BCUT2D eigenvalue weighted by Crippen LogP contribution is -2.36. The molecule has 1 aliphatic heterocycles. The first-order valence-electron chi connectivity index (χ1n) is 9.31. The van der Waals surface area contributed by atoms with Crippen molar-refractivity contribution >= 4 is 17.2 Å². The van der Waals surface area contributed by atoms with Crippen LogP contribution in [-0.2, 0) is 19.4 Å². The van der Waals surface area contributed by atoms with Gasteiger partial charge in [-0.1, -0.05) is 13.0 Å². The Morgan fingerprint density at radius 1 is 1.36 bits per heavy atom. The number of rotatable bonds is 3. The Morgan fingerprint density at radius 2 is 2.28 bits per heavy atom. The van der Waals surface area contributed by atoms with Gasteiger partial charge in [-0.2, -0.15) is 5.10 Å². The van der Waals surface area contributed by atoms with Crippen LogP contribution < -0.4 is 0 Å². The molecule has 0 unspecified atom stereocenters. The van der Waals surface area contributed by atoms with Crippen molar-refractivity contribution in [2.45, 2.75) is 39.2 Å². The van der Waals surface area contributed by atoms with Gasteiger partial charge in [0.25, 0.3) is 5.91 Å². The Kier molecular flexibility index (Phi) is 4.90. The van der Waals surface area contributed by atoms with E-state index in [1.807, 2.05) is 16.2 Å². The monoisotopic (exact) mass is 358 g/mol. The first kappa shape index (κ1) is 16.8. The first-order chi connectivity index (χ1) is 12.2. The van der Waals surface area contributed by atoms with Crippen LogP contribution in [0.3, 0.4) is 0 Å². The third-order valence-corrected chi connectivity index (χ3v) is 6.29. The summed E-state index contributed by atoms with van der Waals surface area (Å²) in [5, 5.41) is 9.63. The summed E-state index contributed by atoms with van der Waals surface area (Å²) in [5.74, 6) is 0.756. The number of fused-ring (bicyclic) bond motifs is 1. The number of thiophene rings is 1. The molecule has 2 aliphatic rings. The van der Waals surface area contributed by atoms with Crippen molar-refractivity contribution in [3.05, 3.63) is 39.3 Å². The normalized spacial score (nSPS) is 21.8. The maximum atomic E-state index is 13.0. The fourth-order valence-electron chi connectivity index (χ4n) is 3.95. The molecule has 1 fully saturated rings. The molecule has 1 N–H and O–H groups in total. The fraction of sp³-hybridized carbons (Fsp3) is 0.579. The Balaban J connectivity index is 1.42. The maximum Gasteiger partial charge on any atom is 0.274 e. The zero-order valence-electron chi connectivity index (χ0n) is 14.8. The van der Waals surface area contributed by atoms with Crippen molar-refractivity contribution in [2.75, 3.05) is 26.2 Å². The number of aromatic nitrogens is 2. The minimum atomic E-state index is 0.115. The van der Waals surface area contributed by atoms with Gasteiger partial charge >= 0.3 is 0 Å². The summed E-state index contributed by atoms with van der Waals surface area (Å²) in [7, 11) is 0. The van der Waals surface area contributed by atoms with E-state index in [1.165, 1.54) is 22.6 Å². The van der Waals surface area contributed by atoms with Crippen LogP contribution in [0.4, 0.5) is 0 Å². The Bertz CT molecular complexity index is 724. The van der Waals surface area contributed by atoms with Crippen molar-refractivity contribution in [3.63, 3.8) is 0 Å². The molecule has 1 saturated heterocycles. The van der Waals surface area contributed by atoms with Crippen molar-refractivity contribution in [3.8, 4) is 0 Å². The van der Waals surface area contributed by atoms with Crippen molar-refractivity contribution in [2.24, 2.45) is 5.92 Å². The quantitative estimate of drug-likeness (QED) is 0.918. The van der Waals surface area contributed by atoms with E-state index in [0.29, 0.717) is 11.6 Å². The van der Waals surface area contributed by atoms with E-state index < -0.39 is 0 Å². The topological polar surface area (TPSA) is 52.2 Å². The first-order valence-corrected chi connectivity index (χ1v) is 10.2. The van der Waals surface area contributed by atoms with Crippen LogP contribution in [0.5, 0.6) is 0 Å². The molecule has 2 aromatic rings. The second-order valence-corrected chi connectivity index (χ2v) is 8.41. The van der Waals surface area contributed by atoms with Gasteiger partial charge in [-0.05, 0) is 43.0 Å². The van der Waals surface area contributed by atoms with Crippen molar-refractivity contribution in [1.82, 2.24) is 20.0 Å². The van der Waals surface area contributed by atoms with Crippen molar-refractivity contribution in [1.29, 1.82) is 0 Å². The van der Waals surface area contributed by atoms with Crippen LogP contribution in [0.25, 0.3) is 0 Å². The van der Waals surface area contributed by atoms with Crippen LogP contribution >= 0.6 is 11.3 Å². The summed E-state index contributed by atoms with van der Waals surface area (Å²) in [5.41, 5.74) is 3.02. The molecule has 134 valence electrons. The summed E-state index contributed by atoms with van der Waals surface area (Å²) in [6, 6.07) is 4.30. The molecule has 4 rings (SSSR count).